The monoisotopic (exact) mass is 513 g/mol. The minimum Gasteiger partial charge on any atom is -0.497 e. The minimum atomic E-state index is -4.10. The highest BCUT2D eigenvalue weighted by atomic mass is 35.5. The molecule has 0 spiro atoms. The third-order valence-electron chi connectivity index (χ3n) is 4.66. The molecule has 0 bridgehead atoms. The van der Waals surface area contributed by atoms with E-state index in [1.807, 2.05) is 0 Å². The number of ether oxygens (including phenoxy) is 2. The van der Waals surface area contributed by atoms with E-state index in [1.54, 1.807) is 48.5 Å². The second-order valence-electron chi connectivity index (χ2n) is 7.13. The summed E-state index contributed by atoms with van der Waals surface area (Å²) in [6, 6.07) is 19.2. The highest BCUT2D eigenvalue weighted by Crippen LogP contribution is 2.27. The maximum atomic E-state index is 13.4. The lowest BCUT2D eigenvalue weighted by molar-refractivity contribution is -0.119. The Kier molecular flexibility index (Phi) is 8.88. The van der Waals surface area contributed by atoms with E-state index in [-0.39, 0.29) is 10.6 Å². The van der Waals surface area contributed by atoms with Crippen molar-refractivity contribution in [3.8, 4) is 11.5 Å². The molecule has 0 saturated carbocycles. The standard InChI is InChI=1S/C25H24ClN3O5S/c1-3-14-34-23-9-4-6-19(15-23)17-27-28-25(30)18-29(21-8-5-7-20(26)16-21)35(31,32)24-12-10-22(33-2)11-13-24/h3-13,15-17H,1,14,18H2,2H3,(H,28,30)/b27-17-. The Bertz CT molecular complexity index is 1310. The van der Waals surface area contributed by atoms with E-state index in [1.165, 1.54) is 43.7 Å². The number of sulfonamides is 1. The molecular formula is C25H24ClN3O5S. The van der Waals surface area contributed by atoms with Crippen molar-refractivity contribution in [2.75, 3.05) is 24.6 Å². The smallest absolute Gasteiger partial charge is 0.264 e. The SMILES string of the molecule is C=CCOc1cccc(/C=N\NC(=O)CN(c2cccc(Cl)c2)S(=O)(=O)c2ccc(OC)cc2)c1. The molecule has 0 saturated heterocycles. The Balaban J connectivity index is 1.79. The van der Waals surface area contributed by atoms with E-state index < -0.39 is 22.5 Å². The summed E-state index contributed by atoms with van der Waals surface area (Å²) in [6.45, 7) is 3.44. The van der Waals surface area contributed by atoms with Gasteiger partial charge < -0.3 is 9.47 Å². The number of hydrogen-bond donors (Lipinski definition) is 1. The average molecular weight is 514 g/mol. The first-order valence-corrected chi connectivity index (χ1v) is 12.2. The summed E-state index contributed by atoms with van der Waals surface area (Å²) in [5.74, 6) is 0.486. The average Bonchev–Trinajstić information content (AvgIpc) is 2.86. The molecule has 0 unspecified atom stereocenters. The molecular weight excluding hydrogens is 490 g/mol. The molecule has 3 aromatic carbocycles. The maximum absolute atomic E-state index is 13.4. The van der Waals surface area contributed by atoms with Crippen molar-refractivity contribution >= 4 is 39.4 Å². The minimum absolute atomic E-state index is 0.00841. The normalized spacial score (nSPS) is 11.1. The zero-order chi connectivity index (χ0) is 25.3. The number of methoxy groups -OCH3 is 1. The number of amides is 1. The second-order valence-corrected chi connectivity index (χ2v) is 9.43. The summed E-state index contributed by atoms with van der Waals surface area (Å²) in [6.07, 6.45) is 3.06. The van der Waals surface area contributed by atoms with Crippen LogP contribution in [0.1, 0.15) is 5.56 Å². The number of carbonyl (C=O) groups is 1. The number of rotatable bonds is 11. The summed E-state index contributed by atoms with van der Waals surface area (Å²) >= 11 is 6.08. The highest BCUT2D eigenvalue weighted by Gasteiger charge is 2.27. The highest BCUT2D eigenvalue weighted by molar-refractivity contribution is 7.92. The molecule has 8 nitrogen and oxygen atoms in total. The predicted molar refractivity (Wildman–Crippen MR) is 137 cm³/mol. The number of benzene rings is 3. The molecule has 0 aliphatic rings. The van der Waals surface area contributed by atoms with Crippen LogP contribution < -0.4 is 19.2 Å². The lowest BCUT2D eigenvalue weighted by atomic mass is 10.2. The first-order valence-electron chi connectivity index (χ1n) is 10.4. The number of halogens is 1. The predicted octanol–water partition coefficient (Wildman–Crippen LogP) is 4.26. The molecule has 182 valence electrons. The van der Waals surface area contributed by atoms with Crippen molar-refractivity contribution in [2.24, 2.45) is 5.10 Å². The van der Waals surface area contributed by atoms with Gasteiger partial charge >= 0.3 is 0 Å². The largest absolute Gasteiger partial charge is 0.497 e. The molecule has 10 heteroatoms. The van der Waals surface area contributed by atoms with Gasteiger partial charge in [0.25, 0.3) is 15.9 Å². The fourth-order valence-electron chi connectivity index (χ4n) is 3.01. The van der Waals surface area contributed by atoms with Crippen LogP contribution in [0.4, 0.5) is 5.69 Å². The van der Waals surface area contributed by atoms with Crippen molar-refractivity contribution in [2.45, 2.75) is 4.90 Å². The van der Waals surface area contributed by atoms with Crippen LogP contribution in [-0.2, 0) is 14.8 Å². The lowest BCUT2D eigenvalue weighted by Crippen LogP contribution is -2.39. The number of hydrogen-bond acceptors (Lipinski definition) is 6. The van der Waals surface area contributed by atoms with Crippen LogP contribution in [0, 0.1) is 0 Å². The Morgan fingerprint density at radius 1 is 1.09 bits per heavy atom. The third-order valence-corrected chi connectivity index (χ3v) is 6.68. The Hall–Kier alpha value is -3.82. The van der Waals surface area contributed by atoms with Gasteiger partial charge in [0, 0.05) is 5.02 Å². The van der Waals surface area contributed by atoms with E-state index in [4.69, 9.17) is 21.1 Å². The number of anilines is 1. The second kappa shape index (κ2) is 12.0. The van der Waals surface area contributed by atoms with Crippen LogP contribution in [0.25, 0.3) is 0 Å². The molecule has 0 aliphatic heterocycles. The van der Waals surface area contributed by atoms with Gasteiger partial charge in [-0.3, -0.25) is 9.10 Å². The number of nitrogens with one attached hydrogen (secondary N) is 1. The van der Waals surface area contributed by atoms with E-state index in [0.29, 0.717) is 28.7 Å². The summed E-state index contributed by atoms with van der Waals surface area (Å²) in [5.41, 5.74) is 3.29. The molecule has 0 aromatic heterocycles. The van der Waals surface area contributed by atoms with Gasteiger partial charge in [-0.1, -0.05) is 42.5 Å². The zero-order valence-electron chi connectivity index (χ0n) is 18.9. The molecule has 1 amide bonds. The van der Waals surface area contributed by atoms with Gasteiger partial charge in [-0.15, -0.1) is 0 Å². The van der Waals surface area contributed by atoms with Gasteiger partial charge in [-0.05, 0) is 60.2 Å². The van der Waals surface area contributed by atoms with Crippen LogP contribution in [0.3, 0.4) is 0 Å². The molecule has 0 radical (unpaired) electrons. The van der Waals surface area contributed by atoms with Crippen molar-refractivity contribution in [3.05, 3.63) is 96.0 Å². The number of hydrazone groups is 1. The number of nitrogens with zero attached hydrogens (tertiary/aromatic N) is 2. The molecule has 0 atom stereocenters. The Morgan fingerprint density at radius 3 is 2.51 bits per heavy atom. The van der Waals surface area contributed by atoms with E-state index in [0.717, 1.165) is 4.31 Å². The fourth-order valence-corrected chi connectivity index (χ4v) is 4.60. The third kappa shape index (κ3) is 7.08. The quantitative estimate of drug-likeness (QED) is 0.235. The first-order chi connectivity index (χ1) is 16.8. The van der Waals surface area contributed by atoms with Gasteiger partial charge in [0.1, 0.15) is 24.7 Å². The molecule has 0 fully saturated rings. The molecule has 0 heterocycles. The van der Waals surface area contributed by atoms with Crippen LogP contribution >= 0.6 is 11.6 Å². The summed E-state index contributed by atoms with van der Waals surface area (Å²) < 4.78 is 38.3. The summed E-state index contributed by atoms with van der Waals surface area (Å²) in [7, 11) is -2.62. The van der Waals surface area contributed by atoms with E-state index in [2.05, 4.69) is 17.1 Å². The van der Waals surface area contributed by atoms with Gasteiger partial charge in [-0.2, -0.15) is 5.10 Å². The van der Waals surface area contributed by atoms with Gasteiger partial charge in [0.2, 0.25) is 0 Å². The van der Waals surface area contributed by atoms with Gasteiger partial charge in [0.15, 0.2) is 0 Å². The Labute approximate surface area is 209 Å². The zero-order valence-corrected chi connectivity index (χ0v) is 20.5. The fraction of sp³-hybridized carbons (Fsp3) is 0.120. The summed E-state index contributed by atoms with van der Waals surface area (Å²) in [4.78, 5) is 12.7. The Morgan fingerprint density at radius 2 is 1.83 bits per heavy atom. The molecule has 0 aliphatic carbocycles. The van der Waals surface area contributed by atoms with E-state index >= 15 is 0 Å². The van der Waals surface area contributed by atoms with Crippen molar-refractivity contribution in [1.82, 2.24) is 5.43 Å². The van der Waals surface area contributed by atoms with Crippen LogP contribution in [0.2, 0.25) is 5.02 Å². The first kappa shape index (κ1) is 25.8. The van der Waals surface area contributed by atoms with Gasteiger partial charge in [-0.25, -0.2) is 13.8 Å². The number of carbonyl (C=O) groups excluding carboxylic acids is 1. The maximum Gasteiger partial charge on any atom is 0.264 e. The van der Waals surface area contributed by atoms with Gasteiger partial charge in [0.05, 0.1) is 23.9 Å². The molecule has 1 N–H and O–H groups in total. The molecule has 3 rings (SSSR count). The van der Waals surface area contributed by atoms with Crippen LogP contribution in [-0.4, -0.2) is 40.8 Å². The summed E-state index contributed by atoms with van der Waals surface area (Å²) in [5, 5.41) is 4.27. The van der Waals surface area contributed by atoms with Crippen LogP contribution in [0.5, 0.6) is 11.5 Å². The van der Waals surface area contributed by atoms with E-state index in [9.17, 15) is 13.2 Å². The van der Waals surface area contributed by atoms with Crippen molar-refractivity contribution in [1.29, 1.82) is 0 Å². The van der Waals surface area contributed by atoms with Crippen molar-refractivity contribution in [3.63, 3.8) is 0 Å². The molecule has 35 heavy (non-hydrogen) atoms. The lowest BCUT2D eigenvalue weighted by Gasteiger charge is -2.24. The topological polar surface area (TPSA) is 97.3 Å². The molecule has 3 aromatic rings. The van der Waals surface area contributed by atoms with Crippen LogP contribution in [0.15, 0.2) is 95.4 Å². The van der Waals surface area contributed by atoms with Crippen molar-refractivity contribution < 1.29 is 22.7 Å².